The maximum atomic E-state index is 12.2. The fourth-order valence-electron chi connectivity index (χ4n) is 4.33. The number of hydrogen-bond donors (Lipinski definition) is 0. The number of pyridine rings is 1. The van der Waals surface area contributed by atoms with Crippen LogP contribution < -0.4 is 9.64 Å². The molecule has 3 unspecified atom stereocenters. The molecule has 8 nitrogen and oxygen atoms in total. The van der Waals surface area contributed by atoms with E-state index >= 15 is 0 Å². The van der Waals surface area contributed by atoms with Crippen LogP contribution in [-0.2, 0) is 22.1 Å². The lowest BCUT2D eigenvalue weighted by Gasteiger charge is -2.30. The number of ether oxygens (including phenoxy) is 2. The molecular weight excluding hydrogens is 461 g/mol. The number of piperidine rings is 1. The third-order valence-corrected chi connectivity index (χ3v) is 7.03. The van der Waals surface area contributed by atoms with Crippen LogP contribution in [0, 0.1) is 17.8 Å². The van der Waals surface area contributed by atoms with Crippen LogP contribution in [0.1, 0.15) is 31.5 Å². The van der Waals surface area contributed by atoms with Crippen molar-refractivity contribution < 1.29 is 31.4 Å². The molecule has 0 N–H and O–H groups in total. The third-order valence-electron chi connectivity index (χ3n) is 6.13. The van der Waals surface area contributed by atoms with Crippen molar-refractivity contribution in [3.63, 3.8) is 0 Å². The van der Waals surface area contributed by atoms with Crippen molar-refractivity contribution >= 4 is 16.8 Å². The van der Waals surface area contributed by atoms with E-state index in [9.17, 15) is 17.4 Å². The minimum absolute atomic E-state index is 0.116. The molecule has 0 bridgehead atoms. The molecule has 1 aliphatic heterocycles. The van der Waals surface area contributed by atoms with Gasteiger partial charge >= 0.3 is 12.2 Å². The maximum Gasteiger partial charge on any atom is 0.411 e. The average Bonchev–Trinajstić information content (AvgIpc) is 3.40. The van der Waals surface area contributed by atoms with Gasteiger partial charge in [0.05, 0.1) is 22.3 Å². The third kappa shape index (κ3) is 6.89. The Morgan fingerprint density at radius 3 is 2.73 bits per heavy atom. The highest BCUT2D eigenvalue weighted by Gasteiger charge is 2.43. The molecule has 2 aromatic heterocycles. The van der Waals surface area contributed by atoms with Gasteiger partial charge in [-0.3, -0.25) is 4.21 Å². The van der Waals surface area contributed by atoms with Crippen LogP contribution in [-0.4, -0.2) is 58.1 Å². The number of nitrogens with zero attached hydrogens (tertiary/aromatic N) is 4. The van der Waals surface area contributed by atoms with Crippen LogP contribution in [0.5, 0.6) is 5.88 Å². The van der Waals surface area contributed by atoms with Crippen molar-refractivity contribution in [1.29, 1.82) is 0 Å². The monoisotopic (exact) mass is 488 g/mol. The number of rotatable bonds is 10. The molecule has 0 amide bonds. The predicted molar refractivity (Wildman–Crippen MR) is 113 cm³/mol. The largest absolute Gasteiger partial charge is 0.478 e. The van der Waals surface area contributed by atoms with Gasteiger partial charge in [0.2, 0.25) is 5.88 Å². The second-order valence-corrected chi connectivity index (χ2v) is 9.89. The average molecular weight is 489 g/mol. The van der Waals surface area contributed by atoms with Gasteiger partial charge in [-0.15, -0.1) is 0 Å². The number of halogens is 3. The van der Waals surface area contributed by atoms with E-state index in [0.717, 1.165) is 32.4 Å². The van der Waals surface area contributed by atoms with E-state index in [4.69, 9.17) is 9.26 Å². The Balaban J connectivity index is 1.14. The normalized spacial score (nSPS) is 22.4. The van der Waals surface area contributed by atoms with Crippen LogP contribution in [0.4, 0.5) is 19.2 Å². The molecule has 4 rings (SSSR count). The van der Waals surface area contributed by atoms with Crippen molar-refractivity contribution in [3.05, 3.63) is 24.2 Å². The zero-order valence-electron chi connectivity index (χ0n) is 18.3. The first-order valence-electron chi connectivity index (χ1n) is 10.9. The van der Waals surface area contributed by atoms with Crippen molar-refractivity contribution in [2.45, 2.75) is 43.4 Å². The Morgan fingerprint density at radius 1 is 1.27 bits per heavy atom. The summed E-state index contributed by atoms with van der Waals surface area (Å²) < 4.78 is 63.4. The molecular formula is C21H27F3N4O4S. The van der Waals surface area contributed by atoms with Gasteiger partial charge in [-0.25, -0.2) is 4.98 Å². The van der Waals surface area contributed by atoms with Gasteiger partial charge in [-0.05, 0) is 49.5 Å². The minimum atomic E-state index is -4.37. The summed E-state index contributed by atoms with van der Waals surface area (Å²) in [5, 5.41) is 3.71. The zero-order valence-corrected chi connectivity index (χ0v) is 19.1. The number of hydrogen-bond acceptors (Lipinski definition) is 8. The van der Waals surface area contributed by atoms with Crippen LogP contribution >= 0.6 is 0 Å². The van der Waals surface area contributed by atoms with Crippen LogP contribution in [0.2, 0.25) is 0 Å². The summed E-state index contributed by atoms with van der Waals surface area (Å²) >= 11 is 0. The summed E-state index contributed by atoms with van der Waals surface area (Å²) in [5.41, 5.74) is 0. The highest BCUT2D eigenvalue weighted by atomic mass is 32.2. The number of alkyl halides is 3. The fraction of sp³-hybridized carbons (Fsp3) is 0.667. The predicted octanol–water partition coefficient (Wildman–Crippen LogP) is 3.60. The molecule has 3 atom stereocenters. The fourth-order valence-corrected chi connectivity index (χ4v) is 4.79. The summed E-state index contributed by atoms with van der Waals surface area (Å²) in [6, 6.07) is 3.86. The van der Waals surface area contributed by atoms with Gasteiger partial charge in [0.15, 0.2) is 5.82 Å². The molecule has 0 spiro atoms. The molecule has 12 heteroatoms. The lowest BCUT2D eigenvalue weighted by atomic mass is 9.91. The van der Waals surface area contributed by atoms with Crippen LogP contribution in [0.3, 0.4) is 0 Å². The van der Waals surface area contributed by atoms with Crippen LogP contribution in [0.15, 0.2) is 27.7 Å². The van der Waals surface area contributed by atoms with Crippen molar-refractivity contribution in [2.24, 2.45) is 17.8 Å². The van der Waals surface area contributed by atoms with Crippen LogP contribution in [0.25, 0.3) is 0 Å². The van der Waals surface area contributed by atoms with Crippen molar-refractivity contribution in [2.75, 3.05) is 37.5 Å². The van der Waals surface area contributed by atoms with E-state index in [1.165, 1.54) is 6.42 Å². The molecule has 33 heavy (non-hydrogen) atoms. The first-order valence-corrected chi connectivity index (χ1v) is 12.5. The minimum Gasteiger partial charge on any atom is -0.478 e. The smallest absolute Gasteiger partial charge is 0.411 e. The van der Waals surface area contributed by atoms with E-state index in [0.29, 0.717) is 41.2 Å². The first kappa shape index (κ1) is 23.9. The molecule has 0 radical (unpaired) electrons. The second-order valence-electron chi connectivity index (χ2n) is 8.51. The highest BCUT2D eigenvalue weighted by Crippen LogP contribution is 2.49. The Morgan fingerprint density at radius 2 is 2.06 bits per heavy atom. The Kier molecular flexibility index (Phi) is 7.52. The van der Waals surface area contributed by atoms with Gasteiger partial charge in [0.1, 0.15) is 13.2 Å². The van der Waals surface area contributed by atoms with E-state index < -0.39 is 23.6 Å². The molecule has 182 valence electrons. The first-order chi connectivity index (χ1) is 15.8. The van der Waals surface area contributed by atoms with Gasteiger partial charge in [-0.1, -0.05) is 5.16 Å². The lowest BCUT2D eigenvalue weighted by Crippen LogP contribution is -2.34. The van der Waals surface area contributed by atoms with Gasteiger partial charge in [-0.2, -0.15) is 18.2 Å². The SMILES string of the molecule is CS(=O)c1ccc(OCCC2CC2C2CCN(c3nc(COCC(F)(F)F)no3)CC2)nc1. The van der Waals surface area contributed by atoms with Gasteiger partial charge in [0, 0.05) is 31.6 Å². The number of anilines is 1. The standard InChI is InChI=1S/C21H27F3N4O4S/c1-33(29)16-2-3-19(25-11-16)31-9-6-15-10-17(15)14-4-7-28(8-5-14)20-26-18(27-32-20)12-30-13-21(22,23)24/h2-3,11,14-15,17H,4-10,12-13H2,1H3. The zero-order chi connectivity index (χ0) is 23.4. The molecule has 2 aromatic rings. The summed E-state index contributed by atoms with van der Waals surface area (Å²) in [7, 11) is -1.04. The Labute approximate surface area is 192 Å². The quantitative estimate of drug-likeness (QED) is 0.501. The Bertz CT molecular complexity index is 932. The molecule has 1 saturated carbocycles. The van der Waals surface area contributed by atoms with Gasteiger partial charge in [0.25, 0.3) is 0 Å². The molecule has 1 aliphatic carbocycles. The summed E-state index contributed by atoms with van der Waals surface area (Å²) in [4.78, 5) is 11.0. The molecule has 0 aromatic carbocycles. The van der Waals surface area contributed by atoms with Gasteiger partial charge < -0.3 is 18.9 Å². The Hall–Kier alpha value is -2.21. The second kappa shape index (κ2) is 10.4. The van der Waals surface area contributed by atoms with Crippen molar-refractivity contribution in [3.8, 4) is 5.88 Å². The summed E-state index contributed by atoms with van der Waals surface area (Å²) in [6.07, 6.45) is 3.05. The molecule has 1 saturated heterocycles. The van der Waals surface area contributed by atoms with Crippen molar-refractivity contribution in [1.82, 2.24) is 15.1 Å². The number of aromatic nitrogens is 3. The molecule has 2 fully saturated rings. The highest BCUT2D eigenvalue weighted by molar-refractivity contribution is 7.84. The van der Waals surface area contributed by atoms with E-state index in [2.05, 4.69) is 19.9 Å². The van der Waals surface area contributed by atoms with E-state index in [-0.39, 0.29) is 12.4 Å². The molecule has 2 aliphatic rings. The maximum absolute atomic E-state index is 12.2. The van der Waals surface area contributed by atoms with E-state index in [1.807, 2.05) is 4.90 Å². The summed E-state index contributed by atoms with van der Waals surface area (Å²) in [5.74, 6) is 2.66. The van der Waals surface area contributed by atoms with E-state index in [1.54, 1.807) is 24.6 Å². The lowest BCUT2D eigenvalue weighted by molar-refractivity contribution is -0.177. The topological polar surface area (TPSA) is 90.6 Å². The molecule has 3 heterocycles. The summed E-state index contributed by atoms with van der Waals surface area (Å²) in [6.45, 7) is 0.514.